The van der Waals surface area contributed by atoms with Crippen molar-refractivity contribution in [3.05, 3.63) is 29.8 Å². The lowest BCUT2D eigenvalue weighted by Crippen LogP contribution is -2.41. The zero-order chi connectivity index (χ0) is 20.6. The molecule has 0 saturated carbocycles. The van der Waals surface area contributed by atoms with Gasteiger partial charge in [0.1, 0.15) is 0 Å². The second-order valence-electron chi connectivity index (χ2n) is 7.34. The average Bonchev–Trinajstić information content (AvgIpc) is 2.74. The molecule has 1 aromatic rings. The number of esters is 1. The molecule has 0 aromatic heterocycles. The first-order valence-electron chi connectivity index (χ1n) is 10.2. The van der Waals surface area contributed by atoms with Crippen molar-refractivity contribution in [2.24, 2.45) is 5.92 Å². The minimum absolute atomic E-state index is 0.0505. The SMILES string of the molecule is CCOC(=O)C1CCN(CC(=O)Nc2cccc(C(=O)N3CCOCC3)c2)CC1. The number of morpholine rings is 1. The number of amides is 2. The lowest BCUT2D eigenvalue weighted by Gasteiger charge is -2.30. The molecule has 2 aliphatic rings. The van der Waals surface area contributed by atoms with Crippen LogP contribution >= 0.6 is 0 Å². The molecule has 0 bridgehead atoms. The maximum Gasteiger partial charge on any atom is 0.309 e. The van der Waals surface area contributed by atoms with Crippen molar-refractivity contribution >= 4 is 23.5 Å². The molecule has 2 fully saturated rings. The van der Waals surface area contributed by atoms with E-state index in [-0.39, 0.29) is 30.2 Å². The van der Waals surface area contributed by atoms with Gasteiger partial charge < -0.3 is 19.7 Å². The lowest BCUT2D eigenvalue weighted by atomic mass is 9.97. The summed E-state index contributed by atoms with van der Waals surface area (Å²) in [6.45, 7) is 6.10. The molecule has 0 atom stereocenters. The van der Waals surface area contributed by atoms with E-state index in [1.165, 1.54) is 0 Å². The fourth-order valence-electron chi connectivity index (χ4n) is 3.67. The topological polar surface area (TPSA) is 88.2 Å². The summed E-state index contributed by atoms with van der Waals surface area (Å²) in [6, 6.07) is 7.02. The third kappa shape index (κ3) is 6.01. The number of hydrogen-bond donors (Lipinski definition) is 1. The number of anilines is 1. The van der Waals surface area contributed by atoms with Crippen LogP contribution in [0.5, 0.6) is 0 Å². The van der Waals surface area contributed by atoms with E-state index >= 15 is 0 Å². The molecule has 0 spiro atoms. The lowest BCUT2D eigenvalue weighted by molar-refractivity contribution is -0.149. The van der Waals surface area contributed by atoms with Crippen LogP contribution in [0.3, 0.4) is 0 Å². The summed E-state index contributed by atoms with van der Waals surface area (Å²) in [5, 5.41) is 2.87. The highest BCUT2D eigenvalue weighted by atomic mass is 16.5. The van der Waals surface area contributed by atoms with Crippen LogP contribution < -0.4 is 5.32 Å². The molecule has 2 heterocycles. The number of rotatable bonds is 6. The molecule has 0 aliphatic carbocycles. The van der Waals surface area contributed by atoms with Gasteiger partial charge in [0.2, 0.25) is 5.91 Å². The van der Waals surface area contributed by atoms with Crippen molar-refractivity contribution in [1.82, 2.24) is 9.80 Å². The number of likely N-dealkylation sites (tertiary alicyclic amines) is 1. The Balaban J connectivity index is 1.48. The number of nitrogens with one attached hydrogen (secondary N) is 1. The minimum Gasteiger partial charge on any atom is -0.466 e. The van der Waals surface area contributed by atoms with Gasteiger partial charge in [-0.1, -0.05) is 6.07 Å². The molecule has 8 nitrogen and oxygen atoms in total. The van der Waals surface area contributed by atoms with Crippen LogP contribution in [0.25, 0.3) is 0 Å². The first-order chi connectivity index (χ1) is 14.1. The number of ether oxygens (including phenoxy) is 2. The Morgan fingerprint density at radius 3 is 2.55 bits per heavy atom. The summed E-state index contributed by atoms with van der Waals surface area (Å²) in [5.74, 6) is -0.392. The number of hydrogen-bond acceptors (Lipinski definition) is 6. The van der Waals surface area contributed by atoms with Crippen LogP contribution in [0.4, 0.5) is 5.69 Å². The molecular weight excluding hydrogens is 374 g/mol. The van der Waals surface area contributed by atoms with Crippen LogP contribution in [0.2, 0.25) is 0 Å². The van der Waals surface area contributed by atoms with E-state index in [0.29, 0.717) is 70.1 Å². The van der Waals surface area contributed by atoms with E-state index in [1.54, 1.807) is 36.1 Å². The normalized spacial score (nSPS) is 18.3. The molecule has 8 heteroatoms. The summed E-state index contributed by atoms with van der Waals surface area (Å²) in [4.78, 5) is 40.6. The van der Waals surface area contributed by atoms with Gasteiger partial charge in [0.25, 0.3) is 5.91 Å². The monoisotopic (exact) mass is 403 g/mol. The Morgan fingerprint density at radius 2 is 1.86 bits per heavy atom. The van der Waals surface area contributed by atoms with Gasteiger partial charge in [0.05, 0.1) is 32.3 Å². The Hall–Kier alpha value is -2.45. The van der Waals surface area contributed by atoms with Crippen molar-refractivity contribution in [3.8, 4) is 0 Å². The smallest absolute Gasteiger partial charge is 0.309 e. The Morgan fingerprint density at radius 1 is 1.14 bits per heavy atom. The van der Waals surface area contributed by atoms with Gasteiger partial charge in [0.15, 0.2) is 0 Å². The van der Waals surface area contributed by atoms with E-state index < -0.39 is 0 Å². The van der Waals surface area contributed by atoms with Gasteiger partial charge in [-0.3, -0.25) is 19.3 Å². The van der Waals surface area contributed by atoms with Crippen molar-refractivity contribution < 1.29 is 23.9 Å². The molecule has 0 unspecified atom stereocenters. The molecule has 2 saturated heterocycles. The summed E-state index contributed by atoms with van der Waals surface area (Å²) in [5.41, 5.74) is 1.16. The molecule has 0 radical (unpaired) electrons. The predicted molar refractivity (Wildman–Crippen MR) is 108 cm³/mol. The molecule has 2 amide bonds. The molecular formula is C21H29N3O5. The van der Waals surface area contributed by atoms with Gasteiger partial charge in [-0.2, -0.15) is 0 Å². The van der Waals surface area contributed by atoms with Gasteiger partial charge in [0, 0.05) is 24.3 Å². The quantitative estimate of drug-likeness (QED) is 0.722. The van der Waals surface area contributed by atoms with Gasteiger partial charge >= 0.3 is 5.97 Å². The van der Waals surface area contributed by atoms with Gasteiger partial charge in [-0.05, 0) is 51.1 Å². The van der Waals surface area contributed by atoms with E-state index in [0.717, 1.165) is 0 Å². The Kier molecular flexibility index (Phi) is 7.60. The average molecular weight is 403 g/mol. The first kappa shape index (κ1) is 21.3. The highest BCUT2D eigenvalue weighted by molar-refractivity contribution is 5.97. The largest absolute Gasteiger partial charge is 0.466 e. The predicted octanol–water partition coefficient (Wildman–Crippen LogP) is 1.37. The molecule has 1 aromatic carbocycles. The van der Waals surface area contributed by atoms with Crippen LogP contribution in [0.1, 0.15) is 30.1 Å². The number of carbonyl (C=O) groups excluding carboxylic acids is 3. The van der Waals surface area contributed by atoms with Crippen LogP contribution in [0.15, 0.2) is 24.3 Å². The van der Waals surface area contributed by atoms with E-state index in [4.69, 9.17) is 9.47 Å². The molecule has 3 rings (SSSR count). The van der Waals surface area contributed by atoms with Crippen LogP contribution in [-0.4, -0.2) is 80.1 Å². The van der Waals surface area contributed by atoms with Crippen LogP contribution in [-0.2, 0) is 19.1 Å². The second kappa shape index (κ2) is 10.4. The molecule has 2 aliphatic heterocycles. The fourth-order valence-corrected chi connectivity index (χ4v) is 3.67. The van der Waals surface area contributed by atoms with E-state index in [9.17, 15) is 14.4 Å². The van der Waals surface area contributed by atoms with E-state index in [1.807, 2.05) is 4.90 Å². The third-order valence-electron chi connectivity index (χ3n) is 5.27. The zero-order valence-corrected chi connectivity index (χ0v) is 16.9. The van der Waals surface area contributed by atoms with Gasteiger partial charge in [-0.15, -0.1) is 0 Å². The summed E-state index contributed by atoms with van der Waals surface area (Å²) in [7, 11) is 0. The zero-order valence-electron chi connectivity index (χ0n) is 16.9. The fraction of sp³-hybridized carbons (Fsp3) is 0.571. The Labute approximate surface area is 171 Å². The maximum absolute atomic E-state index is 12.6. The summed E-state index contributed by atoms with van der Waals surface area (Å²) in [6.07, 6.45) is 1.41. The minimum atomic E-state index is -0.140. The number of piperidine rings is 1. The number of carbonyl (C=O) groups is 3. The Bertz CT molecular complexity index is 725. The number of benzene rings is 1. The second-order valence-corrected chi connectivity index (χ2v) is 7.34. The number of nitrogens with zero attached hydrogens (tertiary/aromatic N) is 2. The third-order valence-corrected chi connectivity index (χ3v) is 5.27. The van der Waals surface area contributed by atoms with Crippen molar-refractivity contribution in [1.29, 1.82) is 0 Å². The van der Waals surface area contributed by atoms with E-state index in [2.05, 4.69) is 5.32 Å². The van der Waals surface area contributed by atoms with Crippen molar-refractivity contribution in [2.75, 3.05) is 57.9 Å². The highest BCUT2D eigenvalue weighted by Crippen LogP contribution is 2.19. The standard InChI is InChI=1S/C21H29N3O5/c1-2-29-21(27)16-6-8-23(9-7-16)15-19(25)22-18-5-3-4-17(14-18)20(26)24-10-12-28-13-11-24/h3-5,14,16H,2,6-13,15H2,1H3,(H,22,25). The van der Waals surface area contributed by atoms with Crippen molar-refractivity contribution in [3.63, 3.8) is 0 Å². The molecule has 158 valence electrons. The first-order valence-corrected chi connectivity index (χ1v) is 10.2. The molecule has 1 N–H and O–H groups in total. The van der Waals surface area contributed by atoms with Crippen LogP contribution in [0, 0.1) is 5.92 Å². The summed E-state index contributed by atoms with van der Waals surface area (Å²) < 4.78 is 10.4. The van der Waals surface area contributed by atoms with Crippen molar-refractivity contribution in [2.45, 2.75) is 19.8 Å². The highest BCUT2D eigenvalue weighted by Gasteiger charge is 2.27. The maximum atomic E-state index is 12.6. The molecule has 29 heavy (non-hydrogen) atoms. The van der Waals surface area contributed by atoms with Gasteiger partial charge in [-0.25, -0.2) is 0 Å². The summed E-state index contributed by atoms with van der Waals surface area (Å²) >= 11 is 0.